The Morgan fingerprint density at radius 1 is 1.13 bits per heavy atom. The molecule has 0 unspecified atom stereocenters. The van der Waals surface area contributed by atoms with E-state index in [2.05, 4.69) is 11.1 Å². The van der Waals surface area contributed by atoms with Crippen molar-refractivity contribution in [2.45, 2.75) is 0 Å². The van der Waals surface area contributed by atoms with Gasteiger partial charge in [0.2, 0.25) is 0 Å². The predicted octanol–water partition coefficient (Wildman–Crippen LogP) is 4.88. The molecule has 0 radical (unpaired) electrons. The van der Waals surface area contributed by atoms with Gasteiger partial charge in [0.25, 0.3) is 0 Å². The van der Waals surface area contributed by atoms with Gasteiger partial charge in [0.1, 0.15) is 16.8 Å². The topological polar surface area (TPSA) is 45.9 Å². The van der Waals surface area contributed by atoms with E-state index in [0.717, 1.165) is 27.6 Å². The van der Waals surface area contributed by atoms with Crippen molar-refractivity contribution in [3.63, 3.8) is 0 Å². The van der Waals surface area contributed by atoms with Crippen molar-refractivity contribution in [3.05, 3.63) is 70.5 Å². The van der Waals surface area contributed by atoms with Gasteiger partial charge in [0.15, 0.2) is 0 Å². The Bertz CT molecular complexity index is 858. The van der Waals surface area contributed by atoms with Crippen LogP contribution in [0.1, 0.15) is 10.6 Å². The van der Waals surface area contributed by atoms with Crippen molar-refractivity contribution >= 4 is 23.0 Å². The van der Waals surface area contributed by atoms with Gasteiger partial charge >= 0.3 is 0 Å². The molecule has 0 saturated carbocycles. The highest BCUT2D eigenvalue weighted by Crippen LogP contribution is 2.28. The zero-order chi connectivity index (χ0) is 16.1. The first-order valence-electron chi connectivity index (χ1n) is 7.07. The summed E-state index contributed by atoms with van der Waals surface area (Å²) in [5.41, 5.74) is 3.43. The molecule has 0 aliphatic carbocycles. The molecule has 0 fully saturated rings. The molecule has 0 bridgehead atoms. The Morgan fingerprint density at radius 2 is 1.87 bits per heavy atom. The smallest absolute Gasteiger partial charge is 0.134 e. The third kappa shape index (κ3) is 3.47. The normalized spacial score (nSPS) is 11.0. The number of aromatic nitrogens is 1. The number of ether oxygens (including phenoxy) is 1. The third-order valence-electron chi connectivity index (χ3n) is 3.35. The molecule has 0 spiro atoms. The molecule has 3 nitrogen and oxygen atoms in total. The van der Waals surface area contributed by atoms with E-state index in [0.29, 0.717) is 5.57 Å². The second kappa shape index (κ2) is 6.91. The van der Waals surface area contributed by atoms with Gasteiger partial charge < -0.3 is 4.74 Å². The van der Waals surface area contributed by atoms with E-state index in [4.69, 9.17) is 4.74 Å². The number of benzene rings is 2. The van der Waals surface area contributed by atoms with Gasteiger partial charge in [-0.2, -0.15) is 5.26 Å². The molecular weight excluding hydrogens is 304 g/mol. The molecule has 23 heavy (non-hydrogen) atoms. The number of thiazole rings is 1. The van der Waals surface area contributed by atoms with Crippen LogP contribution < -0.4 is 4.74 Å². The van der Waals surface area contributed by atoms with E-state index in [9.17, 15) is 5.26 Å². The van der Waals surface area contributed by atoms with Crippen LogP contribution in [0.3, 0.4) is 0 Å². The number of nitrogens with zero attached hydrogens (tertiary/aromatic N) is 2. The number of methoxy groups -OCH3 is 1. The summed E-state index contributed by atoms with van der Waals surface area (Å²) in [5.74, 6) is 0.811. The van der Waals surface area contributed by atoms with Crippen LogP contribution in [0.5, 0.6) is 5.75 Å². The molecule has 3 aromatic rings. The molecule has 4 heteroatoms. The van der Waals surface area contributed by atoms with E-state index in [1.165, 1.54) is 11.3 Å². The summed E-state index contributed by atoms with van der Waals surface area (Å²) >= 11 is 1.47. The average molecular weight is 318 g/mol. The summed E-state index contributed by atoms with van der Waals surface area (Å²) in [6, 6.07) is 19.8. The lowest BCUT2D eigenvalue weighted by molar-refractivity contribution is 0.415. The van der Waals surface area contributed by atoms with E-state index < -0.39 is 0 Å². The lowest BCUT2D eigenvalue weighted by Gasteiger charge is -2.00. The van der Waals surface area contributed by atoms with Crippen molar-refractivity contribution in [3.8, 4) is 23.1 Å². The zero-order valence-electron chi connectivity index (χ0n) is 12.6. The van der Waals surface area contributed by atoms with Crippen LogP contribution in [0.15, 0.2) is 60.0 Å². The Morgan fingerprint density at radius 3 is 2.52 bits per heavy atom. The minimum atomic E-state index is 0.570. The molecule has 0 N–H and O–H groups in total. The molecule has 3 rings (SSSR count). The fourth-order valence-corrected chi connectivity index (χ4v) is 2.94. The van der Waals surface area contributed by atoms with Gasteiger partial charge in [0, 0.05) is 10.9 Å². The SMILES string of the molecule is COc1ccc(-c2csc(/C(C#N)=C\c3ccccc3)n2)cc1. The fraction of sp³-hybridized carbons (Fsp3) is 0.0526. The van der Waals surface area contributed by atoms with Gasteiger partial charge in [-0.1, -0.05) is 30.3 Å². The monoisotopic (exact) mass is 318 g/mol. The van der Waals surface area contributed by atoms with Crippen molar-refractivity contribution in [2.75, 3.05) is 7.11 Å². The molecule has 2 aromatic carbocycles. The summed E-state index contributed by atoms with van der Waals surface area (Å²) in [5, 5.41) is 12.1. The van der Waals surface area contributed by atoms with E-state index in [1.54, 1.807) is 7.11 Å². The Balaban J connectivity index is 1.91. The highest BCUT2D eigenvalue weighted by molar-refractivity contribution is 7.11. The average Bonchev–Trinajstić information content (AvgIpc) is 3.10. The van der Waals surface area contributed by atoms with E-state index in [-0.39, 0.29) is 0 Å². The molecule has 112 valence electrons. The summed E-state index contributed by atoms with van der Waals surface area (Å²) < 4.78 is 5.16. The summed E-state index contributed by atoms with van der Waals surface area (Å²) in [6.45, 7) is 0. The fourth-order valence-electron chi connectivity index (χ4n) is 2.15. The number of nitriles is 1. The molecule has 0 aliphatic rings. The molecule has 0 saturated heterocycles. The minimum absolute atomic E-state index is 0.570. The number of allylic oxidation sites excluding steroid dienone is 1. The van der Waals surface area contributed by atoms with Gasteiger partial charge in [0.05, 0.1) is 18.4 Å². The molecule has 1 heterocycles. The van der Waals surface area contributed by atoms with Crippen LogP contribution in [0.2, 0.25) is 0 Å². The van der Waals surface area contributed by atoms with E-state index in [1.807, 2.05) is 66.1 Å². The maximum atomic E-state index is 9.42. The highest BCUT2D eigenvalue weighted by atomic mass is 32.1. The van der Waals surface area contributed by atoms with Gasteiger partial charge in [-0.25, -0.2) is 4.98 Å². The first kappa shape index (κ1) is 15.0. The molecule has 0 aliphatic heterocycles. The lowest BCUT2D eigenvalue weighted by Crippen LogP contribution is -1.84. The number of rotatable bonds is 4. The minimum Gasteiger partial charge on any atom is -0.497 e. The Labute approximate surface area is 139 Å². The Hall–Kier alpha value is -2.90. The first-order chi connectivity index (χ1) is 11.3. The molecular formula is C19H14N2OS. The van der Waals surface area contributed by atoms with Crippen LogP contribution in [-0.4, -0.2) is 12.1 Å². The van der Waals surface area contributed by atoms with Crippen LogP contribution >= 0.6 is 11.3 Å². The summed E-state index contributed by atoms with van der Waals surface area (Å²) in [4.78, 5) is 4.59. The van der Waals surface area contributed by atoms with Crippen molar-refractivity contribution in [1.29, 1.82) is 5.26 Å². The molecule has 1 aromatic heterocycles. The summed E-state index contributed by atoms with van der Waals surface area (Å²) in [6.07, 6.45) is 1.86. The highest BCUT2D eigenvalue weighted by Gasteiger charge is 2.09. The predicted molar refractivity (Wildman–Crippen MR) is 94.0 cm³/mol. The standard InChI is InChI=1S/C19H14N2OS/c1-22-17-9-7-15(8-10-17)18-13-23-19(21-18)16(12-20)11-14-5-3-2-4-6-14/h2-11,13H,1H3/b16-11-. The van der Waals surface area contributed by atoms with Crippen LogP contribution in [0.4, 0.5) is 0 Å². The van der Waals surface area contributed by atoms with E-state index >= 15 is 0 Å². The lowest BCUT2D eigenvalue weighted by atomic mass is 10.1. The third-order valence-corrected chi connectivity index (χ3v) is 4.23. The molecule has 0 amide bonds. The van der Waals surface area contributed by atoms with Crippen molar-refractivity contribution < 1.29 is 4.74 Å². The number of hydrogen-bond donors (Lipinski definition) is 0. The van der Waals surface area contributed by atoms with Crippen LogP contribution in [-0.2, 0) is 0 Å². The second-order valence-corrected chi connectivity index (χ2v) is 5.71. The zero-order valence-corrected chi connectivity index (χ0v) is 13.4. The van der Waals surface area contributed by atoms with Gasteiger partial charge in [-0.15, -0.1) is 11.3 Å². The maximum Gasteiger partial charge on any atom is 0.134 e. The van der Waals surface area contributed by atoms with Crippen LogP contribution in [0, 0.1) is 11.3 Å². The quantitative estimate of drug-likeness (QED) is 0.644. The summed E-state index contributed by atoms with van der Waals surface area (Å²) in [7, 11) is 1.64. The second-order valence-electron chi connectivity index (χ2n) is 4.85. The first-order valence-corrected chi connectivity index (χ1v) is 7.95. The van der Waals surface area contributed by atoms with Gasteiger partial charge in [-0.3, -0.25) is 0 Å². The number of hydrogen-bond acceptors (Lipinski definition) is 4. The molecule has 0 atom stereocenters. The largest absolute Gasteiger partial charge is 0.497 e. The van der Waals surface area contributed by atoms with Crippen molar-refractivity contribution in [1.82, 2.24) is 4.98 Å². The maximum absolute atomic E-state index is 9.42. The van der Waals surface area contributed by atoms with Crippen LogP contribution in [0.25, 0.3) is 22.9 Å². The Kier molecular flexibility index (Phi) is 4.51. The van der Waals surface area contributed by atoms with Gasteiger partial charge in [-0.05, 0) is 35.9 Å². The van der Waals surface area contributed by atoms with Crippen molar-refractivity contribution in [2.24, 2.45) is 0 Å².